The Morgan fingerprint density at radius 1 is 1.03 bits per heavy atom. The van der Waals surface area contributed by atoms with E-state index in [1.165, 1.54) is 16.3 Å². The van der Waals surface area contributed by atoms with Crippen LogP contribution in [0.25, 0.3) is 16.6 Å². The summed E-state index contributed by atoms with van der Waals surface area (Å²) in [5, 5.41) is 7.67. The molecule has 1 aliphatic rings. The number of aromatic nitrogens is 4. The van der Waals surface area contributed by atoms with Gasteiger partial charge in [-0.15, -0.1) is 5.10 Å². The molecule has 0 spiro atoms. The predicted octanol–water partition coefficient (Wildman–Crippen LogP) is 5.08. The summed E-state index contributed by atoms with van der Waals surface area (Å²) < 4.78 is 7.14. The summed E-state index contributed by atoms with van der Waals surface area (Å²) in [5.74, 6) is 2.20. The van der Waals surface area contributed by atoms with E-state index >= 15 is 0 Å². The molecule has 3 heterocycles. The van der Waals surface area contributed by atoms with Gasteiger partial charge >= 0.3 is 0 Å². The maximum atomic E-state index is 12.7. The number of nitrogens with zero attached hydrogens (tertiary/aromatic N) is 4. The molecule has 0 N–H and O–H groups in total. The lowest BCUT2D eigenvalue weighted by Gasteiger charge is -2.20. The monoisotopic (exact) mass is 426 g/mol. The van der Waals surface area contributed by atoms with Crippen molar-refractivity contribution >= 4 is 34.1 Å². The number of ketones is 1. The van der Waals surface area contributed by atoms with Gasteiger partial charge in [0.1, 0.15) is 5.76 Å². The van der Waals surface area contributed by atoms with Gasteiger partial charge < -0.3 is 4.42 Å². The van der Waals surface area contributed by atoms with Crippen molar-refractivity contribution in [3.8, 4) is 0 Å². The molecule has 1 aliphatic carbocycles. The Labute approximate surface area is 182 Å². The highest BCUT2D eigenvalue weighted by atomic mass is 32.2. The quantitative estimate of drug-likeness (QED) is 0.373. The number of carbonyl (C=O) groups is 1. The van der Waals surface area contributed by atoms with Gasteiger partial charge in [0.25, 0.3) is 5.78 Å². The summed E-state index contributed by atoms with van der Waals surface area (Å²) in [7, 11) is 0. The maximum absolute atomic E-state index is 12.7. The van der Waals surface area contributed by atoms with Gasteiger partial charge in [0, 0.05) is 30.7 Å². The third-order valence-electron chi connectivity index (χ3n) is 5.75. The van der Waals surface area contributed by atoms with Crippen LogP contribution in [0.5, 0.6) is 0 Å². The van der Waals surface area contributed by atoms with Crippen LogP contribution >= 0.6 is 11.8 Å². The Morgan fingerprint density at radius 3 is 2.84 bits per heavy atom. The van der Waals surface area contributed by atoms with Crippen molar-refractivity contribution in [2.45, 2.75) is 29.7 Å². The third kappa shape index (κ3) is 3.31. The van der Waals surface area contributed by atoms with E-state index in [4.69, 9.17) is 4.42 Å². The Balaban J connectivity index is 1.28. The standard InChI is InChI=1S/C24H18N4O2S/c29-21-12-17(22-9-4-10-30-22)11-20-19(21)13-28-23(25-20)26-24(27-28)31-14-16-7-3-6-15-5-1-2-8-18(15)16/h1-10,13,17H,11-12,14H2/t17-/m0/s1. The average molecular weight is 427 g/mol. The van der Waals surface area contributed by atoms with Gasteiger partial charge in [-0.2, -0.15) is 4.98 Å². The molecule has 6 rings (SSSR count). The zero-order chi connectivity index (χ0) is 20.8. The molecule has 0 saturated carbocycles. The lowest BCUT2D eigenvalue weighted by atomic mass is 9.85. The second-order valence-corrected chi connectivity index (χ2v) is 8.65. The summed E-state index contributed by atoms with van der Waals surface area (Å²) in [6.07, 6.45) is 4.50. The highest BCUT2D eigenvalue weighted by molar-refractivity contribution is 7.98. The minimum atomic E-state index is 0.0214. The number of hydrogen-bond donors (Lipinski definition) is 0. The van der Waals surface area contributed by atoms with Crippen LogP contribution in [0.15, 0.2) is 76.6 Å². The second kappa shape index (κ2) is 7.35. The van der Waals surface area contributed by atoms with Crippen LogP contribution in [0.2, 0.25) is 0 Å². The maximum Gasteiger partial charge on any atom is 0.253 e. The Morgan fingerprint density at radius 2 is 1.94 bits per heavy atom. The highest BCUT2D eigenvalue weighted by Crippen LogP contribution is 2.32. The van der Waals surface area contributed by atoms with Crippen LogP contribution in [-0.2, 0) is 12.2 Å². The van der Waals surface area contributed by atoms with Gasteiger partial charge in [-0.1, -0.05) is 54.2 Å². The van der Waals surface area contributed by atoms with Gasteiger partial charge in [-0.25, -0.2) is 9.50 Å². The van der Waals surface area contributed by atoms with E-state index in [0.29, 0.717) is 29.3 Å². The fourth-order valence-electron chi connectivity index (χ4n) is 4.21. The SMILES string of the molecule is O=C1C[C@@H](c2ccco2)Cc2nc3nc(SCc4cccc5ccccc45)nn3cc21. The number of furan rings is 1. The molecule has 0 bridgehead atoms. The topological polar surface area (TPSA) is 73.3 Å². The van der Waals surface area contributed by atoms with Crippen LogP contribution in [0.3, 0.4) is 0 Å². The van der Waals surface area contributed by atoms with Gasteiger partial charge in [0.15, 0.2) is 5.78 Å². The lowest BCUT2D eigenvalue weighted by Crippen LogP contribution is -2.21. The number of hydrogen-bond acceptors (Lipinski definition) is 6. The summed E-state index contributed by atoms with van der Waals surface area (Å²) in [5.41, 5.74) is 2.64. The van der Waals surface area contributed by atoms with E-state index in [9.17, 15) is 4.79 Å². The molecule has 0 fully saturated rings. The largest absolute Gasteiger partial charge is 0.469 e. The summed E-state index contributed by atoms with van der Waals surface area (Å²) in [4.78, 5) is 22.0. The molecule has 6 nitrogen and oxygen atoms in total. The molecule has 0 saturated heterocycles. The molecule has 0 radical (unpaired) electrons. The van der Waals surface area contributed by atoms with Crippen LogP contribution < -0.4 is 0 Å². The Kier molecular flexibility index (Phi) is 4.35. The minimum Gasteiger partial charge on any atom is -0.469 e. The smallest absolute Gasteiger partial charge is 0.253 e. The average Bonchev–Trinajstić information content (AvgIpc) is 3.46. The van der Waals surface area contributed by atoms with Crippen LogP contribution in [-0.4, -0.2) is 25.4 Å². The number of fused-ring (bicyclic) bond motifs is 3. The van der Waals surface area contributed by atoms with Crippen LogP contribution in [0.4, 0.5) is 0 Å². The van der Waals surface area contributed by atoms with Gasteiger partial charge in [0.05, 0.1) is 17.5 Å². The number of benzene rings is 2. The Hall–Kier alpha value is -3.45. The molecular weight excluding hydrogens is 408 g/mol. The zero-order valence-electron chi connectivity index (χ0n) is 16.6. The predicted molar refractivity (Wildman–Crippen MR) is 118 cm³/mol. The zero-order valence-corrected chi connectivity index (χ0v) is 17.4. The second-order valence-electron chi connectivity index (χ2n) is 7.71. The van der Waals surface area contributed by atoms with E-state index in [-0.39, 0.29) is 11.7 Å². The van der Waals surface area contributed by atoms with E-state index in [1.54, 1.807) is 28.7 Å². The molecule has 1 atom stereocenters. The van der Waals surface area contributed by atoms with Crippen LogP contribution in [0, 0.1) is 0 Å². The Bertz CT molecular complexity index is 1420. The first-order valence-electron chi connectivity index (χ1n) is 10.2. The van der Waals surface area contributed by atoms with Gasteiger partial charge in [-0.05, 0) is 28.5 Å². The van der Waals surface area contributed by atoms with E-state index in [0.717, 1.165) is 17.2 Å². The molecule has 5 aromatic rings. The van der Waals surface area contributed by atoms with Crippen molar-refractivity contribution in [2.24, 2.45) is 0 Å². The van der Waals surface area contributed by atoms with Crippen molar-refractivity contribution in [3.05, 3.63) is 89.6 Å². The fraction of sp³-hybridized carbons (Fsp3) is 0.167. The fourth-order valence-corrected chi connectivity index (χ4v) is 5.04. The third-order valence-corrected chi connectivity index (χ3v) is 6.63. The number of rotatable bonds is 4. The number of Topliss-reactive ketones (excluding diaryl/α,β-unsaturated/α-hetero) is 1. The molecule has 2 aromatic carbocycles. The van der Waals surface area contributed by atoms with E-state index in [1.807, 2.05) is 18.2 Å². The summed E-state index contributed by atoms with van der Waals surface area (Å²) in [6.45, 7) is 0. The van der Waals surface area contributed by atoms with Crippen molar-refractivity contribution in [1.82, 2.24) is 19.6 Å². The van der Waals surface area contributed by atoms with Crippen molar-refractivity contribution < 1.29 is 9.21 Å². The van der Waals surface area contributed by atoms with E-state index in [2.05, 4.69) is 51.5 Å². The first-order valence-corrected chi connectivity index (χ1v) is 11.2. The summed E-state index contributed by atoms with van der Waals surface area (Å²) in [6, 6.07) is 18.5. The molecule has 31 heavy (non-hydrogen) atoms. The molecule has 0 unspecified atom stereocenters. The van der Waals surface area contributed by atoms with E-state index < -0.39 is 0 Å². The highest BCUT2D eigenvalue weighted by Gasteiger charge is 2.30. The van der Waals surface area contributed by atoms with Crippen LogP contribution in [0.1, 0.15) is 39.7 Å². The molecule has 3 aromatic heterocycles. The minimum absolute atomic E-state index is 0.0214. The van der Waals surface area contributed by atoms with Gasteiger partial charge in [-0.3, -0.25) is 4.79 Å². The van der Waals surface area contributed by atoms with Crippen molar-refractivity contribution in [2.75, 3.05) is 0 Å². The summed E-state index contributed by atoms with van der Waals surface area (Å²) >= 11 is 1.57. The molecule has 0 aliphatic heterocycles. The van der Waals surface area contributed by atoms with Crippen molar-refractivity contribution in [3.63, 3.8) is 0 Å². The number of thioether (sulfide) groups is 1. The normalized spacial score (nSPS) is 16.1. The first-order chi connectivity index (χ1) is 15.2. The lowest BCUT2D eigenvalue weighted by molar-refractivity contribution is 0.0958. The molecule has 7 heteroatoms. The molecular formula is C24H18N4O2S. The number of carbonyl (C=O) groups excluding carboxylic acids is 1. The van der Waals surface area contributed by atoms with Gasteiger partial charge in [0.2, 0.25) is 5.16 Å². The molecule has 152 valence electrons. The van der Waals surface area contributed by atoms with Crippen molar-refractivity contribution in [1.29, 1.82) is 0 Å². The first kappa shape index (κ1) is 18.3. The molecule has 0 amide bonds.